The molecule has 0 aliphatic heterocycles. The van der Waals surface area contributed by atoms with E-state index >= 15 is 0 Å². The summed E-state index contributed by atoms with van der Waals surface area (Å²) in [5, 5.41) is 10.6. The second-order valence-corrected chi connectivity index (χ2v) is 6.33. The first-order valence-electron chi connectivity index (χ1n) is 6.52. The van der Waals surface area contributed by atoms with E-state index in [1.165, 1.54) is 36.4 Å². The van der Waals surface area contributed by atoms with Crippen LogP contribution >= 0.6 is 0 Å². The summed E-state index contributed by atoms with van der Waals surface area (Å²) in [4.78, 5) is 10.2. The van der Waals surface area contributed by atoms with Crippen molar-refractivity contribution < 1.29 is 13.3 Å². The van der Waals surface area contributed by atoms with Crippen molar-refractivity contribution in [3.05, 3.63) is 82.3 Å². The first-order valence-corrected chi connectivity index (χ1v) is 8.00. The van der Waals surface area contributed by atoms with Gasteiger partial charge in [-0.15, -0.1) is 0 Å². The topological polar surface area (TPSA) is 77.3 Å². The van der Waals surface area contributed by atoms with Crippen molar-refractivity contribution in [2.24, 2.45) is 0 Å². The Bertz CT molecular complexity index is 741. The maximum Gasteiger partial charge on any atom is 0.269 e. The lowest BCUT2D eigenvalue weighted by molar-refractivity contribution is -0.384. The van der Waals surface area contributed by atoms with Crippen LogP contribution in [0.4, 0.5) is 5.69 Å². The van der Waals surface area contributed by atoms with Gasteiger partial charge in [-0.25, -0.2) is 8.42 Å². The number of non-ortho nitro benzene ring substituents is 1. The highest BCUT2D eigenvalue weighted by molar-refractivity contribution is 7.95. The normalized spacial score (nSPS) is 12.3. The highest BCUT2D eigenvalue weighted by Crippen LogP contribution is 2.23. The van der Waals surface area contributed by atoms with Gasteiger partial charge < -0.3 is 0 Å². The zero-order valence-electron chi connectivity index (χ0n) is 12.2. The van der Waals surface area contributed by atoms with Crippen LogP contribution in [-0.4, -0.2) is 13.3 Å². The predicted molar refractivity (Wildman–Crippen MR) is 87.1 cm³/mol. The fourth-order valence-corrected chi connectivity index (χ4v) is 3.01. The van der Waals surface area contributed by atoms with E-state index in [1.54, 1.807) is 12.2 Å². The molecule has 1 rings (SSSR count). The Labute approximate surface area is 130 Å². The smallest absolute Gasteiger partial charge is 0.258 e. The average Bonchev–Trinajstić information content (AvgIpc) is 2.50. The van der Waals surface area contributed by atoms with Crippen molar-refractivity contribution in [2.75, 3.05) is 0 Å². The van der Waals surface area contributed by atoms with Crippen molar-refractivity contribution in [1.29, 1.82) is 0 Å². The van der Waals surface area contributed by atoms with Gasteiger partial charge in [-0.3, -0.25) is 10.1 Å². The van der Waals surface area contributed by atoms with E-state index in [0.717, 1.165) is 0 Å². The molecule has 116 valence electrons. The number of nitro groups is 1. The van der Waals surface area contributed by atoms with Crippen LogP contribution in [-0.2, 0) is 9.84 Å². The van der Waals surface area contributed by atoms with Crippen LogP contribution in [0, 0.1) is 10.1 Å². The standard InChI is InChI=1S/C16H17NO4S/c1-4-6-15(10-7-13(3)5-2)22(20,21)16-11-8-14(9-12-16)17(18)19/h5-12H,2-4H2,1H3/b10-7-,15-6+. The summed E-state index contributed by atoms with van der Waals surface area (Å²) in [6.07, 6.45) is 6.62. The number of allylic oxidation sites excluding steroid dienone is 5. The number of nitro benzene ring substituents is 1. The molecule has 0 radical (unpaired) electrons. The van der Waals surface area contributed by atoms with Crippen LogP contribution in [0.25, 0.3) is 0 Å². The van der Waals surface area contributed by atoms with Crippen molar-refractivity contribution >= 4 is 15.5 Å². The summed E-state index contributed by atoms with van der Waals surface area (Å²) in [6, 6.07) is 4.80. The molecule has 0 aromatic heterocycles. The molecular formula is C16H17NO4S. The largest absolute Gasteiger partial charge is 0.269 e. The molecule has 0 aliphatic rings. The Balaban J connectivity index is 3.25. The molecule has 1 aromatic carbocycles. The van der Waals surface area contributed by atoms with E-state index in [9.17, 15) is 18.5 Å². The Morgan fingerprint density at radius 1 is 1.27 bits per heavy atom. The van der Waals surface area contributed by atoms with E-state index < -0.39 is 14.8 Å². The molecule has 0 N–H and O–H groups in total. The van der Waals surface area contributed by atoms with Crippen LogP contribution in [0.3, 0.4) is 0 Å². The fourth-order valence-electron chi connectivity index (χ4n) is 1.61. The molecule has 0 bridgehead atoms. The van der Waals surface area contributed by atoms with E-state index in [0.29, 0.717) is 12.0 Å². The molecule has 0 spiro atoms. The van der Waals surface area contributed by atoms with E-state index in [1.807, 2.05) is 6.92 Å². The van der Waals surface area contributed by atoms with E-state index in [4.69, 9.17) is 0 Å². The molecule has 1 aromatic rings. The number of rotatable bonds is 7. The molecule has 0 saturated carbocycles. The molecule has 0 fully saturated rings. The number of benzene rings is 1. The summed E-state index contributed by atoms with van der Waals surface area (Å²) < 4.78 is 25.1. The molecule has 5 nitrogen and oxygen atoms in total. The second-order valence-electron chi connectivity index (χ2n) is 4.38. The third-order valence-electron chi connectivity index (χ3n) is 2.80. The van der Waals surface area contributed by atoms with Crippen molar-refractivity contribution in [2.45, 2.75) is 18.2 Å². The van der Waals surface area contributed by atoms with Gasteiger partial charge in [0, 0.05) is 12.1 Å². The van der Waals surface area contributed by atoms with Crippen molar-refractivity contribution in [3.8, 4) is 0 Å². The van der Waals surface area contributed by atoms with Crippen LogP contribution < -0.4 is 0 Å². The number of hydrogen-bond donors (Lipinski definition) is 0. The minimum absolute atomic E-state index is 0.00617. The monoisotopic (exact) mass is 319 g/mol. The molecule has 6 heteroatoms. The highest BCUT2D eigenvalue weighted by Gasteiger charge is 2.19. The average molecular weight is 319 g/mol. The molecule has 0 atom stereocenters. The molecular weight excluding hydrogens is 302 g/mol. The Kier molecular flexibility index (Phi) is 6.00. The minimum atomic E-state index is -3.73. The minimum Gasteiger partial charge on any atom is -0.258 e. The molecule has 0 heterocycles. The fraction of sp³-hybridized carbons (Fsp3) is 0.125. The number of nitrogens with zero attached hydrogens (tertiary/aromatic N) is 1. The summed E-state index contributed by atoms with van der Waals surface area (Å²) in [5.41, 5.74) is 0.427. The number of sulfone groups is 1. The van der Waals surface area contributed by atoms with Crippen molar-refractivity contribution in [3.63, 3.8) is 0 Å². The lowest BCUT2D eigenvalue weighted by Crippen LogP contribution is -2.03. The number of hydrogen-bond acceptors (Lipinski definition) is 4. The summed E-state index contributed by atoms with van der Waals surface area (Å²) in [6.45, 7) is 9.06. The van der Waals surface area contributed by atoms with Gasteiger partial charge in [0.15, 0.2) is 0 Å². The van der Waals surface area contributed by atoms with Gasteiger partial charge in [-0.1, -0.05) is 38.3 Å². The van der Waals surface area contributed by atoms with Crippen molar-refractivity contribution in [1.82, 2.24) is 0 Å². The molecule has 0 saturated heterocycles. The van der Waals surface area contributed by atoms with Gasteiger partial charge >= 0.3 is 0 Å². The zero-order valence-corrected chi connectivity index (χ0v) is 13.0. The Morgan fingerprint density at radius 2 is 1.86 bits per heavy atom. The zero-order chi connectivity index (χ0) is 16.8. The van der Waals surface area contributed by atoms with Gasteiger partial charge in [-0.05, 0) is 30.2 Å². The summed E-state index contributed by atoms with van der Waals surface area (Å²) in [5.74, 6) is 0. The van der Waals surface area contributed by atoms with Crippen LogP contribution in [0.1, 0.15) is 13.3 Å². The Morgan fingerprint density at radius 3 is 2.32 bits per heavy atom. The van der Waals surface area contributed by atoms with Gasteiger partial charge in [0.2, 0.25) is 9.84 Å². The predicted octanol–water partition coefficient (Wildman–Crippen LogP) is 3.96. The Hall–Kier alpha value is -2.47. The molecule has 0 unspecified atom stereocenters. The van der Waals surface area contributed by atoms with Gasteiger partial charge in [0.1, 0.15) is 0 Å². The first-order chi connectivity index (χ1) is 10.3. The highest BCUT2D eigenvalue weighted by atomic mass is 32.2. The van der Waals surface area contributed by atoms with Gasteiger partial charge in [-0.2, -0.15) is 0 Å². The SMILES string of the molecule is C=CC(=C)/C=C\C(=C/CC)S(=O)(=O)c1ccc([N+](=O)[O-])cc1. The lowest BCUT2D eigenvalue weighted by atomic mass is 10.2. The maximum absolute atomic E-state index is 12.6. The lowest BCUT2D eigenvalue weighted by Gasteiger charge is -2.05. The van der Waals surface area contributed by atoms with Crippen LogP contribution in [0.15, 0.2) is 77.1 Å². The van der Waals surface area contributed by atoms with Crippen LogP contribution in [0.5, 0.6) is 0 Å². The van der Waals surface area contributed by atoms with Gasteiger partial charge in [0.05, 0.1) is 14.7 Å². The summed E-state index contributed by atoms with van der Waals surface area (Å²) >= 11 is 0. The van der Waals surface area contributed by atoms with Gasteiger partial charge in [0.25, 0.3) is 5.69 Å². The molecule has 0 aliphatic carbocycles. The molecule has 0 amide bonds. The third-order valence-corrected chi connectivity index (χ3v) is 4.61. The quantitative estimate of drug-likeness (QED) is 0.433. The first kappa shape index (κ1) is 17.6. The van der Waals surface area contributed by atoms with E-state index in [-0.39, 0.29) is 15.5 Å². The van der Waals surface area contributed by atoms with Crippen LogP contribution in [0.2, 0.25) is 0 Å². The summed E-state index contributed by atoms with van der Waals surface area (Å²) in [7, 11) is -3.73. The third kappa shape index (κ3) is 4.26. The second kappa shape index (κ2) is 7.51. The maximum atomic E-state index is 12.6. The van der Waals surface area contributed by atoms with E-state index in [2.05, 4.69) is 13.2 Å². The molecule has 22 heavy (non-hydrogen) atoms.